The van der Waals surface area contributed by atoms with Gasteiger partial charge in [0.15, 0.2) is 0 Å². The Kier molecular flexibility index (Phi) is 45.2. The quantitative estimate of drug-likeness (QED) is 0.0239. The summed E-state index contributed by atoms with van der Waals surface area (Å²) < 4.78 is 26.9. The molecule has 0 bridgehead atoms. The summed E-state index contributed by atoms with van der Waals surface area (Å²) in [4.78, 5) is 34.0. The number of hydrogen-bond donors (Lipinski definition) is 3. The lowest BCUT2D eigenvalue weighted by molar-refractivity contribution is -0.147. The highest BCUT2D eigenvalue weighted by Gasteiger charge is 2.23. The third kappa shape index (κ3) is 49.3. The van der Waals surface area contributed by atoms with Crippen LogP contribution in [-0.2, 0) is 27.9 Å². The van der Waals surface area contributed by atoms with E-state index < -0.39 is 26.5 Å². The maximum absolute atomic E-state index is 12.1. The van der Waals surface area contributed by atoms with Gasteiger partial charge in [-0.05, 0) is 109 Å². The molecule has 0 aliphatic rings. The van der Waals surface area contributed by atoms with E-state index in [1.54, 1.807) is 0 Å². The van der Waals surface area contributed by atoms with Crippen LogP contribution in [0.5, 0.6) is 0 Å². The first-order chi connectivity index (χ1) is 30.8. The first-order valence-electron chi connectivity index (χ1n) is 24.0. The van der Waals surface area contributed by atoms with Gasteiger partial charge in [0.1, 0.15) is 12.7 Å². The van der Waals surface area contributed by atoms with Gasteiger partial charge in [-0.2, -0.15) is 0 Å². The lowest BCUT2D eigenvalue weighted by atomic mass is 10.1. The maximum atomic E-state index is 12.1. The fourth-order valence-corrected chi connectivity index (χ4v) is 6.53. The highest BCUT2D eigenvalue weighted by Crippen LogP contribution is 2.42. The second-order valence-corrected chi connectivity index (χ2v) is 16.8. The number of allylic oxidation sites excluding steroid dienone is 20. The van der Waals surface area contributed by atoms with Crippen molar-refractivity contribution in [3.63, 3.8) is 0 Å². The fraction of sp³-hybridized carbons (Fsp3) is 0.585. The van der Waals surface area contributed by atoms with E-state index in [1.165, 1.54) is 25.7 Å². The molecule has 2 unspecified atom stereocenters. The molecule has 0 aromatic carbocycles. The number of esters is 1. The number of hydrogen-bond acceptors (Lipinski definition) is 7. The summed E-state index contributed by atoms with van der Waals surface area (Å²) in [5.74, 6) is -0.589. The van der Waals surface area contributed by atoms with Crippen LogP contribution >= 0.6 is 7.82 Å². The Hall–Kier alpha value is -3.59. The normalized spacial score (nSPS) is 14.3. The van der Waals surface area contributed by atoms with Crippen LogP contribution in [0.1, 0.15) is 168 Å². The lowest BCUT2D eigenvalue weighted by Crippen LogP contribution is -2.27. The van der Waals surface area contributed by atoms with Crippen LogP contribution in [0.25, 0.3) is 0 Å². The Morgan fingerprint density at radius 3 is 1.38 bits per heavy atom. The highest BCUT2D eigenvalue weighted by molar-refractivity contribution is 7.47. The molecule has 63 heavy (non-hydrogen) atoms. The molecule has 0 saturated carbocycles. The van der Waals surface area contributed by atoms with E-state index in [1.807, 2.05) is 0 Å². The molecular formula is C53H86NO8P. The molecule has 10 heteroatoms. The van der Waals surface area contributed by atoms with Gasteiger partial charge in [-0.1, -0.05) is 167 Å². The van der Waals surface area contributed by atoms with Crippen LogP contribution in [0.4, 0.5) is 0 Å². The number of aliphatic hydroxyl groups excluding tert-OH is 1. The Morgan fingerprint density at radius 2 is 0.905 bits per heavy atom. The van der Waals surface area contributed by atoms with Crippen molar-refractivity contribution in [3.05, 3.63) is 122 Å². The van der Waals surface area contributed by atoms with Crippen molar-refractivity contribution < 1.29 is 37.9 Å². The summed E-state index contributed by atoms with van der Waals surface area (Å²) in [5.41, 5.74) is 0. The van der Waals surface area contributed by atoms with E-state index in [0.717, 1.165) is 109 Å². The second kappa shape index (κ2) is 47.9. The van der Waals surface area contributed by atoms with E-state index in [0.29, 0.717) is 12.8 Å². The van der Waals surface area contributed by atoms with Crippen LogP contribution < -0.4 is 5.32 Å². The Balaban J connectivity index is 3.73. The number of rotatable bonds is 43. The van der Waals surface area contributed by atoms with Gasteiger partial charge in [0, 0.05) is 19.4 Å². The van der Waals surface area contributed by atoms with Gasteiger partial charge in [0.2, 0.25) is 5.91 Å². The molecule has 0 spiro atoms. The SMILES string of the molecule is CC/C=C\C/C=C\C/C=C\C/C=C\C/C=C\C/C=C\CCCCC(=O)OCC(O)COP(=O)(O)OCCNC(=O)CCCCCCC/C=C\C/C=C\C/C=C\C/C=C\CCCCC. The number of nitrogens with one attached hydrogen (secondary N) is 1. The highest BCUT2D eigenvalue weighted by atomic mass is 31.2. The minimum Gasteiger partial charge on any atom is -0.463 e. The molecule has 1 amide bonds. The lowest BCUT2D eigenvalue weighted by Gasteiger charge is -2.15. The van der Waals surface area contributed by atoms with Crippen LogP contribution in [-0.4, -0.2) is 54.3 Å². The molecule has 0 rings (SSSR count). The summed E-state index contributed by atoms with van der Waals surface area (Å²) in [6.07, 6.45) is 65.6. The number of carbonyl (C=O) groups excluding carboxylic acids is 2. The van der Waals surface area contributed by atoms with Gasteiger partial charge in [-0.15, -0.1) is 0 Å². The van der Waals surface area contributed by atoms with Crippen molar-refractivity contribution >= 4 is 19.7 Å². The van der Waals surface area contributed by atoms with E-state index in [2.05, 4.69) is 141 Å². The Bertz CT molecular complexity index is 1440. The van der Waals surface area contributed by atoms with Crippen molar-refractivity contribution in [2.24, 2.45) is 0 Å². The van der Waals surface area contributed by atoms with Gasteiger partial charge >= 0.3 is 13.8 Å². The molecule has 0 saturated heterocycles. The van der Waals surface area contributed by atoms with Crippen LogP contribution in [0, 0.1) is 0 Å². The largest absolute Gasteiger partial charge is 0.472 e. The minimum absolute atomic E-state index is 0.0576. The molecule has 2 atom stereocenters. The summed E-state index contributed by atoms with van der Waals surface area (Å²) in [6.45, 7) is 3.31. The zero-order chi connectivity index (χ0) is 46.0. The number of amides is 1. The predicted octanol–water partition coefficient (Wildman–Crippen LogP) is 14.1. The summed E-state index contributed by atoms with van der Waals surface area (Å²) >= 11 is 0. The fourth-order valence-electron chi connectivity index (χ4n) is 5.78. The Labute approximate surface area is 383 Å². The van der Waals surface area contributed by atoms with Crippen LogP contribution in [0.3, 0.4) is 0 Å². The third-order valence-corrected chi connectivity index (χ3v) is 10.4. The number of aliphatic hydroxyl groups is 1. The summed E-state index contributed by atoms with van der Waals surface area (Å²) in [6, 6.07) is 0. The van der Waals surface area contributed by atoms with Crippen molar-refractivity contribution in [3.8, 4) is 0 Å². The molecule has 3 N–H and O–H groups in total. The van der Waals surface area contributed by atoms with Gasteiger partial charge < -0.3 is 20.1 Å². The minimum atomic E-state index is -4.45. The molecule has 0 aromatic heterocycles. The number of phosphoric ester groups is 1. The number of unbranched alkanes of at least 4 members (excludes halogenated alkanes) is 10. The monoisotopic (exact) mass is 896 g/mol. The average molecular weight is 896 g/mol. The zero-order valence-corrected chi connectivity index (χ0v) is 40.1. The summed E-state index contributed by atoms with van der Waals surface area (Å²) in [7, 11) is -4.45. The van der Waals surface area contributed by atoms with Crippen molar-refractivity contribution in [1.29, 1.82) is 0 Å². The van der Waals surface area contributed by atoms with Gasteiger partial charge in [-0.3, -0.25) is 18.6 Å². The second-order valence-electron chi connectivity index (χ2n) is 15.3. The van der Waals surface area contributed by atoms with E-state index in [4.69, 9.17) is 13.8 Å². The molecule has 0 radical (unpaired) electrons. The standard InChI is InChI=1S/C53H86NO8P/c1-3-5-7-9-11-13-15-17-19-21-23-25-27-29-31-33-35-37-39-41-43-45-52(56)54-47-48-61-63(58,59)62-50-51(55)49-60-53(57)46-44-42-40-38-36-34-32-30-28-26-24-22-20-18-16-14-12-10-8-6-4-2/h6,8,11-14,17-20,23-26,29-32,36,38,51,55H,3-5,7,9-10,15-16,21-22,27-28,33-35,37,39-50H2,1-2H3,(H,54,56)(H,58,59)/b8-6-,13-11-,14-12-,19-17-,20-18-,25-23-,26-24-,31-29-,32-30-,38-36-. The average Bonchev–Trinajstić information content (AvgIpc) is 3.27. The third-order valence-electron chi connectivity index (χ3n) is 9.38. The number of ether oxygens (including phenoxy) is 1. The first-order valence-corrected chi connectivity index (χ1v) is 25.5. The van der Waals surface area contributed by atoms with Crippen molar-refractivity contribution in [2.75, 3.05) is 26.4 Å². The molecule has 356 valence electrons. The van der Waals surface area contributed by atoms with Crippen molar-refractivity contribution in [2.45, 2.75) is 174 Å². The molecule has 0 fully saturated rings. The van der Waals surface area contributed by atoms with E-state index in [9.17, 15) is 24.2 Å². The van der Waals surface area contributed by atoms with Crippen LogP contribution in [0.15, 0.2) is 122 Å². The maximum Gasteiger partial charge on any atom is 0.472 e. The van der Waals surface area contributed by atoms with Crippen molar-refractivity contribution in [1.82, 2.24) is 5.32 Å². The smallest absolute Gasteiger partial charge is 0.463 e. The number of phosphoric acid groups is 1. The first kappa shape index (κ1) is 59.4. The molecule has 9 nitrogen and oxygen atoms in total. The molecular weight excluding hydrogens is 810 g/mol. The summed E-state index contributed by atoms with van der Waals surface area (Å²) in [5, 5.41) is 12.7. The van der Waals surface area contributed by atoms with E-state index >= 15 is 0 Å². The van der Waals surface area contributed by atoms with E-state index in [-0.39, 0.29) is 32.1 Å². The van der Waals surface area contributed by atoms with Crippen LogP contribution in [0.2, 0.25) is 0 Å². The van der Waals surface area contributed by atoms with Gasteiger partial charge in [0.05, 0.1) is 13.2 Å². The predicted molar refractivity (Wildman–Crippen MR) is 265 cm³/mol. The topological polar surface area (TPSA) is 131 Å². The van der Waals surface area contributed by atoms with Gasteiger partial charge in [-0.25, -0.2) is 4.57 Å². The van der Waals surface area contributed by atoms with Gasteiger partial charge in [0.25, 0.3) is 0 Å². The molecule has 0 aliphatic heterocycles. The zero-order valence-electron chi connectivity index (χ0n) is 39.2. The molecule has 0 heterocycles. The Morgan fingerprint density at radius 1 is 0.508 bits per heavy atom. The molecule has 0 aliphatic carbocycles. The number of carbonyl (C=O) groups is 2. The molecule has 0 aromatic rings.